The number of urea groups is 1. The van der Waals surface area contributed by atoms with E-state index in [9.17, 15) is 9.90 Å². The Morgan fingerprint density at radius 3 is 3.07 bits per heavy atom. The number of aliphatic hydroxyl groups is 1. The number of amides is 2. The third-order valence-electron chi connectivity index (χ3n) is 1.90. The van der Waals surface area contributed by atoms with Gasteiger partial charge in [-0.05, 0) is 0 Å². The second-order valence-electron chi connectivity index (χ2n) is 2.69. The van der Waals surface area contributed by atoms with Gasteiger partial charge in [0.2, 0.25) is 5.95 Å². The lowest BCUT2D eigenvalue weighted by atomic mass is 10.5. The summed E-state index contributed by atoms with van der Waals surface area (Å²) in [6.07, 6.45) is 0.278. The fraction of sp³-hybridized carbons (Fsp3) is 0.500. The monoisotopic (exact) mass is 199 g/mol. The number of rotatable bonds is 2. The van der Waals surface area contributed by atoms with Crippen LogP contribution in [0.5, 0.6) is 0 Å². The van der Waals surface area contributed by atoms with Gasteiger partial charge in [0.15, 0.2) is 6.23 Å². The molecule has 0 saturated carbocycles. The predicted octanol–water partition coefficient (Wildman–Crippen LogP) is -1.07. The Morgan fingerprint density at radius 1 is 1.79 bits per heavy atom. The van der Waals surface area contributed by atoms with Gasteiger partial charge in [-0.25, -0.2) is 14.8 Å². The number of hydrogen-bond acceptors (Lipinski definition) is 5. The molecule has 76 valence electrons. The van der Waals surface area contributed by atoms with Crippen molar-refractivity contribution in [2.24, 2.45) is 0 Å². The quantitative estimate of drug-likeness (QED) is 0.632. The summed E-state index contributed by atoms with van der Waals surface area (Å²) in [6.45, 7) is 0.0794. The molecule has 1 aromatic heterocycles. The van der Waals surface area contributed by atoms with Gasteiger partial charge in [0.25, 0.3) is 0 Å². The van der Waals surface area contributed by atoms with Gasteiger partial charge in [-0.2, -0.15) is 15.1 Å². The summed E-state index contributed by atoms with van der Waals surface area (Å²) in [5, 5.41) is 16.6. The normalized spacial score (nSPS) is 22.1. The first-order valence-electron chi connectivity index (χ1n) is 3.92. The molecular formula is C6H9N5O3. The molecule has 0 radical (unpaired) electrons. The summed E-state index contributed by atoms with van der Waals surface area (Å²) in [4.78, 5) is 21.1. The zero-order chi connectivity index (χ0) is 10.1. The van der Waals surface area contributed by atoms with Crippen molar-refractivity contribution in [2.75, 3.05) is 18.6 Å². The molecule has 0 aliphatic carbocycles. The lowest BCUT2D eigenvalue weighted by molar-refractivity contribution is -0.0813. The minimum atomic E-state index is -0.976. The highest BCUT2D eigenvalue weighted by Crippen LogP contribution is 2.18. The molecule has 1 aromatic rings. The number of H-pyrrole nitrogens is 1. The molecular weight excluding hydrogens is 190 g/mol. The van der Waals surface area contributed by atoms with Crippen LogP contribution in [0.15, 0.2) is 6.33 Å². The van der Waals surface area contributed by atoms with Crippen LogP contribution in [0.3, 0.4) is 0 Å². The van der Waals surface area contributed by atoms with E-state index in [0.717, 1.165) is 9.96 Å². The Balaban J connectivity index is 2.24. The molecule has 1 aliphatic rings. The molecule has 8 heteroatoms. The molecule has 1 unspecified atom stereocenters. The average molecular weight is 199 g/mol. The lowest BCUT2D eigenvalue weighted by Crippen LogP contribution is -2.35. The molecule has 2 amide bonds. The van der Waals surface area contributed by atoms with Gasteiger partial charge in [-0.3, -0.25) is 4.84 Å². The van der Waals surface area contributed by atoms with Crippen LogP contribution in [0.2, 0.25) is 0 Å². The molecule has 2 rings (SSSR count). The van der Waals surface area contributed by atoms with Crippen LogP contribution in [-0.4, -0.2) is 51.3 Å². The first-order chi connectivity index (χ1) is 6.74. The molecule has 0 spiro atoms. The van der Waals surface area contributed by atoms with Crippen molar-refractivity contribution in [2.45, 2.75) is 6.23 Å². The van der Waals surface area contributed by atoms with Crippen LogP contribution in [0.4, 0.5) is 10.7 Å². The van der Waals surface area contributed by atoms with Gasteiger partial charge >= 0.3 is 6.03 Å². The standard InChI is InChI=1S/C6H9N5O3/c1-14-10-2-4(12)11(6(10)13)5-7-3-8-9-5/h3-4,12H,2H2,1H3,(H,7,8,9). The molecule has 2 N–H and O–H groups in total. The van der Waals surface area contributed by atoms with Gasteiger partial charge in [0, 0.05) is 0 Å². The van der Waals surface area contributed by atoms with Crippen molar-refractivity contribution < 1.29 is 14.7 Å². The van der Waals surface area contributed by atoms with Crippen molar-refractivity contribution in [3.63, 3.8) is 0 Å². The van der Waals surface area contributed by atoms with Crippen LogP contribution in [0, 0.1) is 0 Å². The average Bonchev–Trinajstić information content (AvgIpc) is 2.74. The van der Waals surface area contributed by atoms with E-state index in [0.29, 0.717) is 0 Å². The lowest BCUT2D eigenvalue weighted by Gasteiger charge is -2.14. The van der Waals surface area contributed by atoms with Gasteiger partial charge in [0.1, 0.15) is 6.33 Å². The molecule has 0 bridgehead atoms. The summed E-state index contributed by atoms with van der Waals surface area (Å²) in [5.74, 6) is 0.196. The highest BCUT2D eigenvalue weighted by atomic mass is 16.7. The van der Waals surface area contributed by atoms with Gasteiger partial charge in [-0.1, -0.05) is 0 Å². The Bertz CT molecular complexity index is 326. The minimum absolute atomic E-state index is 0.0794. The zero-order valence-corrected chi connectivity index (χ0v) is 7.41. The van der Waals surface area contributed by atoms with Crippen LogP contribution < -0.4 is 4.90 Å². The molecule has 2 heterocycles. The third-order valence-corrected chi connectivity index (χ3v) is 1.90. The number of anilines is 1. The number of hydroxylamine groups is 2. The number of hydrogen-bond donors (Lipinski definition) is 2. The Morgan fingerprint density at radius 2 is 2.57 bits per heavy atom. The van der Waals surface area contributed by atoms with E-state index in [-0.39, 0.29) is 12.5 Å². The van der Waals surface area contributed by atoms with Crippen molar-refractivity contribution in [1.29, 1.82) is 0 Å². The molecule has 1 atom stereocenters. The van der Waals surface area contributed by atoms with Crippen LogP contribution in [0.1, 0.15) is 0 Å². The SMILES string of the molecule is CON1CC(O)N(c2ncn[nH]2)C1=O. The van der Waals surface area contributed by atoms with Crippen molar-refractivity contribution in [3.05, 3.63) is 6.33 Å². The molecule has 0 aromatic carbocycles. The number of aromatic amines is 1. The Kier molecular flexibility index (Phi) is 2.06. The van der Waals surface area contributed by atoms with E-state index in [2.05, 4.69) is 15.2 Å². The van der Waals surface area contributed by atoms with Gasteiger partial charge < -0.3 is 5.11 Å². The number of aliphatic hydroxyl groups excluding tert-OH is 1. The number of carbonyl (C=O) groups excluding carboxylic acids is 1. The molecule has 1 saturated heterocycles. The van der Waals surface area contributed by atoms with E-state index < -0.39 is 12.3 Å². The smallest absolute Gasteiger partial charge is 0.353 e. The number of nitrogens with one attached hydrogen (secondary N) is 1. The molecule has 1 aliphatic heterocycles. The highest BCUT2D eigenvalue weighted by molar-refractivity contribution is 5.91. The largest absolute Gasteiger partial charge is 0.371 e. The van der Waals surface area contributed by atoms with Crippen molar-refractivity contribution in [1.82, 2.24) is 20.2 Å². The molecule has 14 heavy (non-hydrogen) atoms. The number of β-amino-alcohol motifs (C(OH)–C–C–N with tert-alkyl or cyclic N) is 1. The molecule has 1 fully saturated rings. The van der Waals surface area contributed by atoms with Crippen LogP contribution in [-0.2, 0) is 4.84 Å². The van der Waals surface area contributed by atoms with Crippen LogP contribution in [0.25, 0.3) is 0 Å². The second kappa shape index (κ2) is 3.24. The highest BCUT2D eigenvalue weighted by Gasteiger charge is 2.39. The summed E-state index contributed by atoms with van der Waals surface area (Å²) < 4.78 is 0. The first kappa shape index (κ1) is 8.91. The number of carbonyl (C=O) groups is 1. The first-order valence-corrected chi connectivity index (χ1v) is 3.92. The maximum atomic E-state index is 11.5. The van der Waals surface area contributed by atoms with E-state index in [1.807, 2.05) is 0 Å². The minimum Gasteiger partial charge on any atom is -0.371 e. The third kappa shape index (κ3) is 1.20. The second-order valence-corrected chi connectivity index (χ2v) is 2.69. The summed E-state index contributed by atoms with van der Waals surface area (Å²) in [7, 11) is 1.36. The molecule has 8 nitrogen and oxygen atoms in total. The Hall–Kier alpha value is -1.67. The fourth-order valence-electron chi connectivity index (χ4n) is 1.26. The topological polar surface area (TPSA) is 94.6 Å². The van der Waals surface area contributed by atoms with Crippen molar-refractivity contribution >= 4 is 12.0 Å². The van der Waals surface area contributed by atoms with E-state index in [1.54, 1.807) is 0 Å². The predicted molar refractivity (Wildman–Crippen MR) is 44.0 cm³/mol. The zero-order valence-electron chi connectivity index (χ0n) is 7.41. The summed E-state index contributed by atoms with van der Waals surface area (Å²) in [6, 6.07) is -0.475. The summed E-state index contributed by atoms with van der Waals surface area (Å²) in [5.41, 5.74) is 0. The number of aromatic nitrogens is 3. The fourth-order valence-corrected chi connectivity index (χ4v) is 1.26. The summed E-state index contributed by atoms with van der Waals surface area (Å²) >= 11 is 0. The Labute approximate surface area is 79.0 Å². The van der Waals surface area contributed by atoms with E-state index in [1.165, 1.54) is 13.4 Å². The van der Waals surface area contributed by atoms with Crippen molar-refractivity contribution in [3.8, 4) is 0 Å². The maximum absolute atomic E-state index is 11.5. The van der Waals surface area contributed by atoms with Gasteiger partial charge in [-0.15, -0.1) is 0 Å². The van der Waals surface area contributed by atoms with E-state index in [4.69, 9.17) is 4.84 Å². The van der Waals surface area contributed by atoms with Gasteiger partial charge in [0.05, 0.1) is 13.7 Å². The van der Waals surface area contributed by atoms with Crippen LogP contribution >= 0.6 is 0 Å². The maximum Gasteiger partial charge on any atom is 0.353 e. The number of nitrogens with zero attached hydrogens (tertiary/aromatic N) is 4. The van der Waals surface area contributed by atoms with E-state index >= 15 is 0 Å².